The number of thioether (sulfide) groups is 1. The van der Waals surface area contributed by atoms with Crippen LogP contribution in [0.25, 0.3) is 0 Å². The first-order valence-electron chi connectivity index (χ1n) is 6.58. The summed E-state index contributed by atoms with van der Waals surface area (Å²) in [6.07, 6.45) is 1.94. The molecule has 19 heavy (non-hydrogen) atoms. The van der Waals surface area contributed by atoms with Crippen LogP contribution in [0.2, 0.25) is 0 Å². The minimum absolute atomic E-state index is 0.0726. The molecule has 0 rings (SSSR count). The van der Waals surface area contributed by atoms with Gasteiger partial charge in [-0.3, -0.25) is 9.59 Å². The number of carbonyl (C=O) groups excluding carboxylic acids is 1. The Labute approximate surface area is 119 Å². The highest BCUT2D eigenvalue weighted by atomic mass is 32.2. The Morgan fingerprint density at radius 1 is 1.37 bits per heavy atom. The summed E-state index contributed by atoms with van der Waals surface area (Å²) in [4.78, 5) is 22.9. The largest absolute Gasteiger partial charge is 0.480 e. The van der Waals surface area contributed by atoms with E-state index in [2.05, 4.69) is 12.2 Å². The predicted molar refractivity (Wildman–Crippen MR) is 79.3 cm³/mol. The Morgan fingerprint density at radius 3 is 2.32 bits per heavy atom. The zero-order valence-corrected chi connectivity index (χ0v) is 13.2. The van der Waals surface area contributed by atoms with Crippen molar-refractivity contribution in [1.29, 1.82) is 0 Å². The third-order valence-electron chi connectivity index (χ3n) is 2.98. The van der Waals surface area contributed by atoms with Crippen molar-refractivity contribution in [3.63, 3.8) is 0 Å². The van der Waals surface area contributed by atoms with E-state index in [9.17, 15) is 9.59 Å². The van der Waals surface area contributed by atoms with Gasteiger partial charge in [0.2, 0.25) is 5.91 Å². The molecule has 112 valence electrons. The summed E-state index contributed by atoms with van der Waals surface area (Å²) in [5, 5.41) is 11.5. The first kappa shape index (κ1) is 18.2. The van der Waals surface area contributed by atoms with E-state index in [0.717, 1.165) is 12.8 Å². The van der Waals surface area contributed by atoms with Crippen LogP contribution in [0.15, 0.2) is 0 Å². The molecule has 0 aromatic carbocycles. The van der Waals surface area contributed by atoms with Gasteiger partial charge in [-0.05, 0) is 34.1 Å². The topological polar surface area (TPSA) is 92.4 Å². The van der Waals surface area contributed by atoms with Gasteiger partial charge in [-0.2, -0.15) is 0 Å². The lowest BCUT2D eigenvalue weighted by Crippen LogP contribution is -2.49. The number of hydrogen-bond acceptors (Lipinski definition) is 4. The molecule has 0 aromatic heterocycles. The van der Waals surface area contributed by atoms with E-state index >= 15 is 0 Å². The fourth-order valence-electron chi connectivity index (χ4n) is 1.75. The van der Waals surface area contributed by atoms with Gasteiger partial charge in [0.1, 0.15) is 6.04 Å². The minimum atomic E-state index is -1.05. The highest BCUT2D eigenvalue weighted by Gasteiger charge is 2.35. The molecule has 0 spiro atoms. The van der Waals surface area contributed by atoms with E-state index < -0.39 is 16.8 Å². The van der Waals surface area contributed by atoms with Crippen LogP contribution in [0.3, 0.4) is 0 Å². The zero-order chi connectivity index (χ0) is 15.2. The summed E-state index contributed by atoms with van der Waals surface area (Å²) in [7, 11) is 0. The molecule has 0 aliphatic heterocycles. The Morgan fingerprint density at radius 2 is 1.89 bits per heavy atom. The maximum Gasteiger partial charge on any atom is 0.321 e. The molecule has 0 aromatic rings. The molecule has 4 N–H and O–H groups in total. The monoisotopic (exact) mass is 290 g/mol. The van der Waals surface area contributed by atoms with Crippen LogP contribution in [0.1, 0.15) is 47.5 Å². The molecule has 0 saturated heterocycles. The lowest BCUT2D eigenvalue weighted by Gasteiger charge is -2.30. The smallest absolute Gasteiger partial charge is 0.321 e. The van der Waals surface area contributed by atoms with Crippen molar-refractivity contribution < 1.29 is 14.7 Å². The van der Waals surface area contributed by atoms with Gasteiger partial charge in [0, 0.05) is 10.8 Å². The Kier molecular flexibility index (Phi) is 7.44. The molecule has 1 amide bonds. The molecule has 0 bridgehead atoms. The molecule has 0 aliphatic carbocycles. The van der Waals surface area contributed by atoms with Crippen LogP contribution < -0.4 is 11.1 Å². The zero-order valence-electron chi connectivity index (χ0n) is 12.4. The molecule has 0 saturated carbocycles. The van der Waals surface area contributed by atoms with Gasteiger partial charge >= 0.3 is 5.97 Å². The molecule has 0 aliphatic rings. The third-order valence-corrected chi connectivity index (χ3v) is 4.40. The fraction of sp³-hybridized carbons (Fsp3) is 0.846. The van der Waals surface area contributed by atoms with Crippen LogP contribution >= 0.6 is 11.8 Å². The molecular weight excluding hydrogens is 264 g/mol. The summed E-state index contributed by atoms with van der Waals surface area (Å²) >= 11 is 1.29. The number of carbonyl (C=O) groups is 2. The van der Waals surface area contributed by atoms with E-state index in [1.807, 2.05) is 6.92 Å². The van der Waals surface area contributed by atoms with Gasteiger partial charge in [0.15, 0.2) is 0 Å². The molecule has 0 radical (unpaired) electrons. The Balaban J connectivity index is 4.47. The van der Waals surface area contributed by atoms with Gasteiger partial charge in [0.25, 0.3) is 0 Å². The second kappa shape index (κ2) is 7.75. The molecule has 2 unspecified atom stereocenters. The molecule has 5 nitrogen and oxygen atoms in total. The van der Waals surface area contributed by atoms with Crippen molar-refractivity contribution in [3.05, 3.63) is 0 Å². The van der Waals surface area contributed by atoms with E-state index in [-0.39, 0.29) is 17.2 Å². The van der Waals surface area contributed by atoms with Crippen LogP contribution in [-0.2, 0) is 9.59 Å². The van der Waals surface area contributed by atoms with Crippen LogP contribution in [0.5, 0.6) is 0 Å². The molecule has 3 atom stereocenters. The van der Waals surface area contributed by atoms with Gasteiger partial charge < -0.3 is 16.2 Å². The van der Waals surface area contributed by atoms with Crippen molar-refractivity contribution in [2.75, 3.05) is 0 Å². The summed E-state index contributed by atoms with van der Waals surface area (Å²) < 4.78 is -0.698. The molecule has 0 heterocycles. The highest BCUT2D eigenvalue weighted by Crippen LogP contribution is 2.31. The number of carboxylic acids is 1. The van der Waals surface area contributed by atoms with E-state index in [1.54, 1.807) is 20.8 Å². The number of nitrogens with two attached hydrogens (primary N) is 1. The lowest BCUT2D eigenvalue weighted by atomic mass is 10.1. The molecule has 0 fully saturated rings. The highest BCUT2D eigenvalue weighted by molar-refractivity contribution is 8.02. The fourth-order valence-corrected chi connectivity index (χ4v) is 3.08. The predicted octanol–water partition coefficient (Wildman–Crippen LogP) is 1.60. The average Bonchev–Trinajstić information content (AvgIpc) is 2.27. The van der Waals surface area contributed by atoms with Crippen molar-refractivity contribution in [1.82, 2.24) is 5.32 Å². The SMILES string of the molecule is CCCC(C)NC(=O)C(C)SC(C)(C)[C@H](N)C(=O)O. The first-order valence-corrected chi connectivity index (χ1v) is 7.46. The number of hydrogen-bond donors (Lipinski definition) is 3. The Hall–Kier alpha value is -0.750. The summed E-state index contributed by atoms with van der Waals surface area (Å²) in [5.41, 5.74) is 5.64. The van der Waals surface area contributed by atoms with Gasteiger partial charge in [0.05, 0.1) is 5.25 Å². The summed E-state index contributed by atoms with van der Waals surface area (Å²) in [5.74, 6) is -1.12. The van der Waals surface area contributed by atoms with Crippen LogP contribution in [0, 0.1) is 0 Å². The standard InChI is InChI=1S/C13H26N2O3S/c1-6-7-8(2)15-11(16)9(3)19-13(4,5)10(14)12(17)18/h8-10H,6-7,14H2,1-5H3,(H,15,16)(H,17,18)/t8?,9?,10-/m1/s1. The molecular formula is C13H26N2O3S. The van der Waals surface area contributed by atoms with Gasteiger partial charge in [-0.1, -0.05) is 13.3 Å². The second-order valence-electron chi connectivity index (χ2n) is 5.38. The van der Waals surface area contributed by atoms with Crippen LogP contribution in [0.4, 0.5) is 0 Å². The minimum Gasteiger partial charge on any atom is -0.480 e. The van der Waals surface area contributed by atoms with Crippen molar-refractivity contribution in [2.24, 2.45) is 5.73 Å². The number of nitrogens with one attached hydrogen (secondary N) is 1. The van der Waals surface area contributed by atoms with Crippen molar-refractivity contribution in [3.8, 4) is 0 Å². The van der Waals surface area contributed by atoms with Gasteiger partial charge in [-0.25, -0.2) is 0 Å². The number of aliphatic carboxylic acids is 1. The number of amides is 1. The second-order valence-corrected chi connectivity index (χ2v) is 7.37. The normalized spacial score (nSPS) is 16.5. The van der Waals surface area contributed by atoms with Crippen molar-refractivity contribution in [2.45, 2.75) is 69.5 Å². The lowest BCUT2D eigenvalue weighted by molar-refractivity contribution is -0.139. The third kappa shape index (κ3) is 6.29. The molecule has 6 heteroatoms. The first-order chi connectivity index (χ1) is 8.61. The maximum atomic E-state index is 12.0. The van der Waals surface area contributed by atoms with Crippen LogP contribution in [-0.4, -0.2) is 39.1 Å². The van der Waals surface area contributed by atoms with Gasteiger partial charge in [-0.15, -0.1) is 11.8 Å². The quantitative estimate of drug-likeness (QED) is 0.631. The average molecular weight is 290 g/mol. The maximum absolute atomic E-state index is 12.0. The Bertz CT molecular complexity index is 321. The summed E-state index contributed by atoms with van der Waals surface area (Å²) in [6.45, 7) is 9.29. The van der Waals surface area contributed by atoms with E-state index in [1.165, 1.54) is 11.8 Å². The van der Waals surface area contributed by atoms with E-state index in [4.69, 9.17) is 10.8 Å². The summed E-state index contributed by atoms with van der Waals surface area (Å²) in [6, 6.07) is -0.863. The number of carboxylic acid groups (broad SMARTS) is 1. The van der Waals surface area contributed by atoms with E-state index in [0.29, 0.717) is 0 Å². The van der Waals surface area contributed by atoms with Crippen molar-refractivity contribution >= 4 is 23.6 Å². The number of rotatable bonds is 8.